The summed E-state index contributed by atoms with van der Waals surface area (Å²) >= 11 is 0.998. The summed E-state index contributed by atoms with van der Waals surface area (Å²) in [5, 5.41) is 10.4. The van der Waals surface area contributed by atoms with Crippen LogP contribution >= 0.6 is 11.8 Å². The minimum atomic E-state index is -0.946. The molecule has 0 N–H and O–H groups in total. The Morgan fingerprint density at radius 1 is 1.59 bits per heavy atom. The quantitative estimate of drug-likeness (QED) is 0.461. The highest BCUT2D eigenvalue weighted by atomic mass is 32.2. The second-order valence-electron chi connectivity index (χ2n) is 2.98. The predicted molar refractivity (Wildman–Crippen MR) is 63.1 cm³/mol. The van der Waals surface area contributed by atoms with E-state index in [-0.39, 0.29) is 16.4 Å². The van der Waals surface area contributed by atoms with Gasteiger partial charge in [-0.2, -0.15) is 4.39 Å². The standard InChI is InChI=1S/C11H8FNO3S/c1-8(14)17-7-3-5-9-4-2-6-10(11(9)12)13(15)16/h2,4,6H,7H2,1H3. The summed E-state index contributed by atoms with van der Waals surface area (Å²) in [6, 6.07) is 3.79. The van der Waals surface area contributed by atoms with Gasteiger partial charge in [-0.05, 0) is 6.07 Å². The Balaban J connectivity index is 2.88. The second kappa shape index (κ2) is 6.01. The first-order chi connectivity index (χ1) is 8.02. The van der Waals surface area contributed by atoms with Crippen LogP contribution < -0.4 is 0 Å². The summed E-state index contributed by atoms with van der Waals surface area (Å²) in [6.45, 7) is 1.40. The zero-order chi connectivity index (χ0) is 12.8. The van der Waals surface area contributed by atoms with Crippen LogP contribution in [-0.4, -0.2) is 15.8 Å². The van der Waals surface area contributed by atoms with Crippen LogP contribution in [0, 0.1) is 27.8 Å². The summed E-state index contributed by atoms with van der Waals surface area (Å²) in [4.78, 5) is 20.3. The molecule has 0 bridgehead atoms. The molecule has 0 heterocycles. The van der Waals surface area contributed by atoms with Gasteiger partial charge < -0.3 is 0 Å². The average molecular weight is 253 g/mol. The maximum atomic E-state index is 13.5. The van der Waals surface area contributed by atoms with E-state index < -0.39 is 16.4 Å². The monoisotopic (exact) mass is 253 g/mol. The van der Waals surface area contributed by atoms with Crippen molar-refractivity contribution in [3.63, 3.8) is 0 Å². The zero-order valence-electron chi connectivity index (χ0n) is 8.90. The summed E-state index contributed by atoms with van der Waals surface area (Å²) < 4.78 is 13.5. The van der Waals surface area contributed by atoms with Crippen LogP contribution in [0.25, 0.3) is 0 Å². The van der Waals surface area contributed by atoms with Crippen molar-refractivity contribution in [2.75, 3.05) is 5.75 Å². The number of benzene rings is 1. The normalized spacial score (nSPS) is 9.29. The molecule has 0 saturated carbocycles. The van der Waals surface area contributed by atoms with Crippen molar-refractivity contribution in [3.8, 4) is 11.8 Å². The van der Waals surface area contributed by atoms with Gasteiger partial charge in [0.05, 0.1) is 16.2 Å². The Morgan fingerprint density at radius 3 is 2.88 bits per heavy atom. The van der Waals surface area contributed by atoms with Crippen molar-refractivity contribution in [1.29, 1.82) is 0 Å². The Hall–Kier alpha value is -1.87. The van der Waals surface area contributed by atoms with Gasteiger partial charge in [0.2, 0.25) is 5.82 Å². The SMILES string of the molecule is CC(=O)SCC#Cc1cccc([N+](=O)[O-])c1F. The Labute approximate surface area is 101 Å². The van der Waals surface area contributed by atoms with Gasteiger partial charge in [0, 0.05) is 13.0 Å². The maximum Gasteiger partial charge on any atom is 0.306 e. The molecule has 6 heteroatoms. The highest BCUT2D eigenvalue weighted by molar-refractivity contribution is 8.13. The lowest BCUT2D eigenvalue weighted by molar-refractivity contribution is -0.387. The van der Waals surface area contributed by atoms with Gasteiger partial charge in [0.25, 0.3) is 0 Å². The fraction of sp³-hybridized carbons (Fsp3) is 0.182. The Kier molecular flexibility index (Phi) is 4.67. The Morgan fingerprint density at radius 2 is 2.29 bits per heavy atom. The minimum Gasteiger partial charge on any atom is -0.288 e. The summed E-state index contributed by atoms with van der Waals surface area (Å²) in [5.41, 5.74) is -0.639. The largest absolute Gasteiger partial charge is 0.306 e. The maximum absolute atomic E-state index is 13.5. The van der Waals surface area contributed by atoms with Crippen LogP contribution in [0.4, 0.5) is 10.1 Å². The molecule has 4 nitrogen and oxygen atoms in total. The molecule has 0 radical (unpaired) electrons. The van der Waals surface area contributed by atoms with Crippen molar-refractivity contribution < 1.29 is 14.1 Å². The van der Waals surface area contributed by atoms with Crippen LogP contribution in [0.2, 0.25) is 0 Å². The Bertz CT molecular complexity index is 519. The van der Waals surface area contributed by atoms with Gasteiger partial charge in [-0.25, -0.2) is 0 Å². The number of hydrogen-bond donors (Lipinski definition) is 0. The molecule has 0 spiro atoms. The number of carbonyl (C=O) groups is 1. The van der Waals surface area contributed by atoms with Gasteiger partial charge in [0.1, 0.15) is 0 Å². The molecule has 0 aromatic heterocycles. The van der Waals surface area contributed by atoms with Crippen molar-refractivity contribution in [2.24, 2.45) is 0 Å². The van der Waals surface area contributed by atoms with Crippen molar-refractivity contribution in [2.45, 2.75) is 6.92 Å². The van der Waals surface area contributed by atoms with Gasteiger partial charge in [-0.1, -0.05) is 29.7 Å². The van der Waals surface area contributed by atoms with E-state index in [9.17, 15) is 19.3 Å². The fourth-order valence-electron chi connectivity index (χ4n) is 1.03. The van der Waals surface area contributed by atoms with E-state index in [1.54, 1.807) is 0 Å². The third-order valence-corrected chi connectivity index (χ3v) is 2.44. The molecule has 0 aliphatic carbocycles. The number of halogens is 1. The number of carbonyl (C=O) groups excluding carboxylic acids is 1. The van der Waals surface area contributed by atoms with Gasteiger partial charge in [-0.15, -0.1) is 0 Å². The summed E-state index contributed by atoms with van der Waals surface area (Å²) in [5.74, 6) is 4.32. The predicted octanol–water partition coefficient (Wildman–Crippen LogP) is 2.37. The van der Waals surface area contributed by atoms with Crippen molar-refractivity contribution in [1.82, 2.24) is 0 Å². The number of thioether (sulfide) groups is 1. The molecule has 1 aromatic carbocycles. The third-order valence-electron chi connectivity index (χ3n) is 1.75. The molecule has 17 heavy (non-hydrogen) atoms. The van der Waals surface area contributed by atoms with Gasteiger partial charge in [-0.3, -0.25) is 14.9 Å². The third kappa shape index (κ3) is 3.89. The molecule has 0 aliphatic rings. The van der Waals surface area contributed by atoms with Crippen molar-refractivity contribution in [3.05, 3.63) is 39.7 Å². The minimum absolute atomic E-state index is 0.0386. The summed E-state index contributed by atoms with van der Waals surface area (Å²) in [7, 11) is 0. The van der Waals surface area contributed by atoms with E-state index in [1.807, 2.05) is 0 Å². The van der Waals surface area contributed by atoms with Gasteiger partial charge >= 0.3 is 5.69 Å². The van der Waals surface area contributed by atoms with Crippen LogP contribution in [0.3, 0.4) is 0 Å². The molecule has 0 saturated heterocycles. The topological polar surface area (TPSA) is 60.2 Å². The molecular formula is C11H8FNO3S. The molecule has 0 unspecified atom stereocenters. The molecule has 0 atom stereocenters. The number of rotatable bonds is 2. The first-order valence-corrected chi connectivity index (χ1v) is 5.56. The first kappa shape index (κ1) is 13.2. The molecule has 1 aromatic rings. The molecule has 88 valence electrons. The number of nitro groups is 1. The van der Waals surface area contributed by atoms with E-state index >= 15 is 0 Å². The molecule has 1 rings (SSSR count). The van der Waals surface area contributed by atoms with E-state index in [2.05, 4.69) is 11.8 Å². The lowest BCUT2D eigenvalue weighted by Gasteiger charge is -1.95. The lowest BCUT2D eigenvalue weighted by Crippen LogP contribution is -1.94. The van der Waals surface area contributed by atoms with Crippen molar-refractivity contribution >= 4 is 22.6 Å². The van der Waals surface area contributed by atoms with E-state index in [0.717, 1.165) is 17.8 Å². The number of nitrogens with zero attached hydrogens (tertiary/aromatic N) is 1. The zero-order valence-corrected chi connectivity index (χ0v) is 9.71. The molecule has 0 fully saturated rings. The van der Waals surface area contributed by atoms with Crippen LogP contribution in [0.15, 0.2) is 18.2 Å². The number of hydrogen-bond acceptors (Lipinski definition) is 4. The summed E-state index contributed by atoms with van der Waals surface area (Å²) in [6.07, 6.45) is 0. The first-order valence-electron chi connectivity index (χ1n) is 4.57. The highest BCUT2D eigenvalue weighted by Crippen LogP contribution is 2.19. The molecule has 0 amide bonds. The molecule has 0 aliphatic heterocycles. The number of nitro benzene ring substituents is 1. The van der Waals surface area contributed by atoms with Crippen LogP contribution in [0.1, 0.15) is 12.5 Å². The smallest absolute Gasteiger partial charge is 0.288 e. The van der Waals surface area contributed by atoms with E-state index in [0.29, 0.717) is 0 Å². The molecular weight excluding hydrogens is 245 g/mol. The fourth-order valence-corrected chi connectivity index (χ4v) is 1.37. The van der Waals surface area contributed by atoms with E-state index in [1.165, 1.54) is 19.1 Å². The van der Waals surface area contributed by atoms with Crippen LogP contribution in [-0.2, 0) is 4.79 Å². The van der Waals surface area contributed by atoms with Gasteiger partial charge in [0.15, 0.2) is 5.12 Å². The van der Waals surface area contributed by atoms with Crippen LogP contribution in [0.5, 0.6) is 0 Å². The van der Waals surface area contributed by atoms with E-state index in [4.69, 9.17) is 0 Å². The second-order valence-corrected chi connectivity index (χ2v) is 4.13. The highest BCUT2D eigenvalue weighted by Gasteiger charge is 2.15. The lowest BCUT2D eigenvalue weighted by atomic mass is 10.2. The average Bonchev–Trinajstić information content (AvgIpc) is 2.25.